The van der Waals surface area contributed by atoms with E-state index in [4.69, 9.17) is 5.21 Å². The van der Waals surface area contributed by atoms with Gasteiger partial charge >= 0.3 is 0 Å². The van der Waals surface area contributed by atoms with E-state index < -0.39 is 11.3 Å². The Balaban J connectivity index is 4.73. The zero-order valence-corrected chi connectivity index (χ0v) is 12.3. The van der Waals surface area contributed by atoms with Gasteiger partial charge < -0.3 is 5.32 Å². The molecule has 1 unspecified atom stereocenters. The molecule has 0 aromatic heterocycles. The molecule has 0 aliphatic heterocycles. The van der Waals surface area contributed by atoms with Crippen molar-refractivity contribution in [2.45, 2.75) is 66.0 Å². The molecule has 0 bridgehead atoms. The average Bonchev–Trinajstić information content (AvgIpc) is 2.19. The van der Waals surface area contributed by atoms with E-state index in [0.29, 0.717) is 6.42 Å². The maximum Gasteiger partial charge on any atom is 0.243 e. The van der Waals surface area contributed by atoms with E-state index in [1.54, 1.807) is 5.48 Å². The first-order valence-electron chi connectivity index (χ1n) is 6.22. The highest BCUT2D eigenvalue weighted by molar-refractivity contribution is 5.89. The molecule has 0 saturated heterocycles. The lowest BCUT2D eigenvalue weighted by Gasteiger charge is -2.31. The minimum absolute atomic E-state index is 0.0724. The molecular formula is C13H26N2O3. The minimum Gasteiger partial charge on any atom is -0.303 e. The number of nitrogens with one attached hydrogen (secondary N) is 2. The Hall–Kier alpha value is -0.940. The highest BCUT2D eigenvalue weighted by Gasteiger charge is 2.31. The maximum atomic E-state index is 12.3. The summed E-state index contributed by atoms with van der Waals surface area (Å²) in [6.45, 7) is 11.5. The topological polar surface area (TPSA) is 78.4 Å². The first-order chi connectivity index (χ1) is 7.97. The van der Waals surface area contributed by atoms with Gasteiger partial charge in [-0.15, -0.1) is 0 Å². The second kappa shape index (κ2) is 6.29. The Morgan fingerprint density at radius 2 is 1.61 bits per heavy atom. The van der Waals surface area contributed by atoms with Crippen molar-refractivity contribution in [1.29, 1.82) is 0 Å². The van der Waals surface area contributed by atoms with Crippen LogP contribution in [-0.4, -0.2) is 28.5 Å². The monoisotopic (exact) mass is 258 g/mol. The number of carbonyl (C=O) groups excluding carboxylic acids is 2. The number of Topliss-reactive ketones (excluding diaryl/α,β-unsaturated/α-hetero) is 1. The lowest BCUT2D eigenvalue weighted by Crippen LogP contribution is -2.51. The van der Waals surface area contributed by atoms with Crippen LogP contribution in [0.15, 0.2) is 0 Å². The molecule has 0 aliphatic carbocycles. The first kappa shape index (κ1) is 17.1. The quantitative estimate of drug-likeness (QED) is 0.517. The smallest absolute Gasteiger partial charge is 0.243 e. The van der Waals surface area contributed by atoms with Crippen LogP contribution in [-0.2, 0) is 9.59 Å². The van der Waals surface area contributed by atoms with Crippen molar-refractivity contribution >= 4 is 11.7 Å². The second-order valence-corrected chi connectivity index (χ2v) is 6.63. The third-order valence-electron chi connectivity index (χ3n) is 2.45. The van der Waals surface area contributed by atoms with Crippen molar-refractivity contribution in [2.75, 3.05) is 0 Å². The molecule has 3 N–H and O–H groups in total. The van der Waals surface area contributed by atoms with E-state index in [1.807, 2.05) is 41.5 Å². The summed E-state index contributed by atoms with van der Waals surface area (Å²) in [5.74, 6) is -0.402. The van der Waals surface area contributed by atoms with Crippen LogP contribution in [0.3, 0.4) is 0 Å². The predicted molar refractivity (Wildman–Crippen MR) is 70.3 cm³/mol. The molecule has 0 spiro atoms. The molecule has 0 fully saturated rings. The summed E-state index contributed by atoms with van der Waals surface area (Å²) in [6.07, 6.45) is 0.492. The normalized spacial score (nSPS) is 14.2. The number of rotatable bonds is 5. The fraction of sp³-hybridized carbons (Fsp3) is 0.846. The molecule has 0 saturated carbocycles. The van der Waals surface area contributed by atoms with E-state index >= 15 is 0 Å². The maximum absolute atomic E-state index is 12.3. The third-order valence-corrected chi connectivity index (χ3v) is 2.45. The summed E-state index contributed by atoms with van der Waals surface area (Å²) >= 11 is 0. The number of carbonyl (C=O) groups is 2. The van der Waals surface area contributed by atoms with E-state index in [9.17, 15) is 9.59 Å². The van der Waals surface area contributed by atoms with Crippen LogP contribution in [0.5, 0.6) is 0 Å². The highest BCUT2D eigenvalue weighted by atomic mass is 16.5. The highest BCUT2D eigenvalue weighted by Crippen LogP contribution is 2.20. The molecule has 0 rings (SSSR count). The van der Waals surface area contributed by atoms with Gasteiger partial charge in [0.25, 0.3) is 0 Å². The molecule has 0 aromatic carbocycles. The van der Waals surface area contributed by atoms with Gasteiger partial charge in [0.05, 0.1) is 6.04 Å². The molecule has 1 amide bonds. The molecule has 18 heavy (non-hydrogen) atoms. The number of ketones is 1. The molecule has 0 radical (unpaired) electrons. The summed E-state index contributed by atoms with van der Waals surface area (Å²) in [6, 6.07) is -0.387. The van der Waals surface area contributed by atoms with Crippen molar-refractivity contribution < 1.29 is 14.8 Å². The van der Waals surface area contributed by atoms with Crippen LogP contribution in [0.25, 0.3) is 0 Å². The van der Waals surface area contributed by atoms with Crippen molar-refractivity contribution in [3.05, 3.63) is 0 Å². The number of hydrogen-bond donors (Lipinski definition) is 3. The zero-order valence-electron chi connectivity index (χ0n) is 12.3. The fourth-order valence-corrected chi connectivity index (χ4v) is 1.65. The van der Waals surface area contributed by atoms with E-state index in [2.05, 4.69) is 5.32 Å². The van der Waals surface area contributed by atoms with Crippen molar-refractivity contribution in [2.24, 2.45) is 5.41 Å². The summed E-state index contributed by atoms with van der Waals surface area (Å²) < 4.78 is 0. The van der Waals surface area contributed by atoms with Crippen molar-refractivity contribution in [3.8, 4) is 0 Å². The van der Waals surface area contributed by atoms with Gasteiger partial charge in [-0.2, -0.15) is 0 Å². The zero-order chi connectivity index (χ0) is 14.6. The fourth-order valence-electron chi connectivity index (χ4n) is 1.65. The molecule has 0 aliphatic rings. The number of amides is 1. The average molecular weight is 258 g/mol. The largest absolute Gasteiger partial charge is 0.303 e. The first-order valence-corrected chi connectivity index (χ1v) is 6.22. The van der Waals surface area contributed by atoms with Gasteiger partial charge in [-0.25, -0.2) is 5.48 Å². The van der Waals surface area contributed by atoms with E-state index in [1.165, 1.54) is 0 Å². The molecule has 0 aromatic rings. The van der Waals surface area contributed by atoms with E-state index in [-0.39, 0.29) is 23.8 Å². The van der Waals surface area contributed by atoms with Gasteiger partial charge in [0.2, 0.25) is 5.91 Å². The van der Waals surface area contributed by atoms with Crippen molar-refractivity contribution in [3.63, 3.8) is 0 Å². The molecule has 5 heteroatoms. The molecular weight excluding hydrogens is 232 g/mol. The van der Waals surface area contributed by atoms with E-state index in [0.717, 1.165) is 0 Å². The summed E-state index contributed by atoms with van der Waals surface area (Å²) in [5.41, 5.74) is 0.916. The molecule has 1 atom stereocenters. The Labute approximate surface area is 109 Å². The molecule has 0 heterocycles. The Kier molecular flexibility index (Phi) is 5.96. The lowest BCUT2D eigenvalue weighted by molar-refractivity contribution is -0.131. The van der Waals surface area contributed by atoms with Crippen LogP contribution >= 0.6 is 0 Å². The van der Waals surface area contributed by atoms with Crippen LogP contribution < -0.4 is 10.8 Å². The van der Waals surface area contributed by atoms with Gasteiger partial charge in [0.15, 0.2) is 5.78 Å². The molecule has 106 valence electrons. The Bertz CT molecular complexity index is 300. The summed E-state index contributed by atoms with van der Waals surface area (Å²) in [7, 11) is 0. The summed E-state index contributed by atoms with van der Waals surface area (Å²) in [4.78, 5) is 23.3. The number of hydroxylamine groups is 1. The van der Waals surface area contributed by atoms with Gasteiger partial charge in [-0.3, -0.25) is 14.8 Å². The lowest BCUT2D eigenvalue weighted by atomic mass is 9.84. The standard InChI is InChI=1S/C13H26N2O3/c1-12(2,3)11(17)9(14-13(4,5)6)7-8-10(16)15-18/h9,14,18H,7-8H2,1-6H3,(H,15,16). The van der Waals surface area contributed by atoms with Gasteiger partial charge in [0.1, 0.15) is 0 Å². The molecule has 5 nitrogen and oxygen atoms in total. The number of hydrogen-bond acceptors (Lipinski definition) is 4. The second-order valence-electron chi connectivity index (χ2n) is 6.63. The van der Waals surface area contributed by atoms with Crippen LogP contribution in [0.2, 0.25) is 0 Å². The summed E-state index contributed by atoms with van der Waals surface area (Å²) in [5, 5.41) is 11.7. The van der Waals surface area contributed by atoms with Crippen LogP contribution in [0.4, 0.5) is 0 Å². The van der Waals surface area contributed by atoms with Gasteiger partial charge in [-0.05, 0) is 27.2 Å². The van der Waals surface area contributed by atoms with Gasteiger partial charge in [-0.1, -0.05) is 20.8 Å². The predicted octanol–water partition coefficient (Wildman–Crippen LogP) is 1.64. The Morgan fingerprint density at radius 1 is 1.11 bits per heavy atom. The third kappa shape index (κ3) is 6.71. The van der Waals surface area contributed by atoms with Gasteiger partial charge in [0, 0.05) is 17.4 Å². The van der Waals surface area contributed by atoms with Crippen molar-refractivity contribution in [1.82, 2.24) is 10.8 Å². The van der Waals surface area contributed by atoms with Crippen LogP contribution in [0.1, 0.15) is 54.4 Å². The van der Waals surface area contributed by atoms with Crippen LogP contribution in [0, 0.1) is 5.41 Å². The minimum atomic E-state index is -0.475. The SMILES string of the molecule is CC(C)(C)NC(CCC(=O)NO)C(=O)C(C)(C)C. The Morgan fingerprint density at radius 3 is 1.94 bits per heavy atom.